The average molecular weight is 183 g/mol. The smallest absolute Gasteiger partial charge is 0.408 e. The van der Waals surface area contributed by atoms with Gasteiger partial charge in [-0.05, 0) is 18.2 Å². The zero-order chi connectivity index (χ0) is 8.72. The Morgan fingerprint density at radius 3 is 3.00 bits per heavy atom. The summed E-state index contributed by atoms with van der Waals surface area (Å²) in [5.74, 6) is -0.479. The van der Waals surface area contributed by atoms with E-state index in [1.165, 1.54) is 4.57 Å². The van der Waals surface area contributed by atoms with E-state index in [0.717, 1.165) is 0 Å². The Labute approximate surface area is 73.2 Å². The molecule has 0 aliphatic carbocycles. The lowest BCUT2D eigenvalue weighted by Crippen LogP contribution is -2.06. The Hall–Kier alpha value is -1.22. The van der Waals surface area contributed by atoms with Gasteiger partial charge in [-0.1, -0.05) is 11.6 Å². The van der Waals surface area contributed by atoms with Gasteiger partial charge in [0.05, 0.1) is 5.52 Å². The predicted molar refractivity (Wildman–Crippen MR) is 46.2 cm³/mol. The van der Waals surface area contributed by atoms with E-state index in [1.807, 2.05) is 0 Å². The van der Waals surface area contributed by atoms with Gasteiger partial charge in [0, 0.05) is 12.1 Å². The monoisotopic (exact) mass is 182 g/mol. The van der Waals surface area contributed by atoms with E-state index in [1.54, 1.807) is 18.2 Å². The molecule has 0 unspecified atom stereocenters. The van der Waals surface area contributed by atoms with Crippen LogP contribution in [0, 0.1) is 7.05 Å². The van der Waals surface area contributed by atoms with Crippen molar-refractivity contribution in [3.63, 3.8) is 0 Å². The molecule has 0 aliphatic heterocycles. The second-order valence-corrected chi connectivity index (χ2v) is 2.84. The highest BCUT2D eigenvalue weighted by Crippen LogP contribution is 2.17. The lowest BCUT2D eigenvalue weighted by atomic mass is 10.3. The van der Waals surface area contributed by atoms with Crippen molar-refractivity contribution in [1.29, 1.82) is 0 Å². The fourth-order valence-electron chi connectivity index (χ4n) is 1.04. The molecule has 4 heteroatoms. The van der Waals surface area contributed by atoms with E-state index in [2.05, 4.69) is 7.05 Å². The van der Waals surface area contributed by atoms with Crippen LogP contribution in [0.4, 0.5) is 0 Å². The molecule has 0 N–H and O–H groups in total. The lowest BCUT2D eigenvalue weighted by molar-refractivity contribution is 0.539. The van der Waals surface area contributed by atoms with Crippen LogP contribution in [-0.4, -0.2) is 4.57 Å². The summed E-state index contributed by atoms with van der Waals surface area (Å²) in [4.78, 5) is 10.9. The Balaban J connectivity index is 2.98. The summed E-state index contributed by atoms with van der Waals surface area (Å²) < 4.78 is 6.01. The topological polar surface area (TPSA) is 35.1 Å². The first kappa shape index (κ1) is 7.43. The number of hydrogen-bond acceptors (Lipinski definition) is 2. The lowest BCUT2D eigenvalue weighted by Gasteiger charge is -1.90. The molecule has 1 aromatic heterocycles. The van der Waals surface area contributed by atoms with Crippen molar-refractivity contribution in [2.45, 2.75) is 0 Å². The SMILES string of the molecule is [CH2]n1c(=O)oc2ccc(Cl)cc21. The summed E-state index contributed by atoms with van der Waals surface area (Å²) in [5, 5.41) is 0.556. The number of rotatable bonds is 0. The van der Waals surface area contributed by atoms with Gasteiger partial charge < -0.3 is 4.42 Å². The fraction of sp³-hybridized carbons (Fsp3) is 0. The fourth-order valence-corrected chi connectivity index (χ4v) is 1.20. The number of nitrogens with zero attached hydrogens (tertiary/aromatic N) is 1. The first-order valence-corrected chi connectivity index (χ1v) is 3.68. The number of oxazole rings is 1. The van der Waals surface area contributed by atoms with Gasteiger partial charge in [0.15, 0.2) is 5.58 Å². The second kappa shape index (κ2) is 2.38. The third-order valence-corrected chi connectivity index (χ3v) is 1.86. The van der Waals surface area contributed by atoms with Crippen LogP contribution in [0.2, 0.25) is 5.02 Å². The van der Waals surface area contributed by atoms with E-state index >= 15 is 0 Å². The minimum absolute atomic E-state index is 0.479. The van der Waals surface area contributed by atoms with E-state index < -0.39 is 5.76 Å². The van der Waals surface area contributed by atoms with Gasteiger partial charge in [-0.3, -0.25) is 4.57 Å². The van der Waals surface area contributed by atoms with Gasteiger partial charge in [0.1, 0.15) is 0 Å². The Morgan fingerprint density at radius 2 is 2.25 bits per heavy atom. The average Bonchev–Trinajstić information content (AvgIpc) is 2.31. The van der Waals surface area contributed by atoms with Crippen LogP contribution in [0.15, 0.2) is 27.4 Å². The molecule has 0 spiro atoms. The summed E-state index contributed by atoms with van der Waals surface area (Å²) in [6.45, 7) is 0. The van der Waals surface area contributed by atoms with E-state index in [4.69, 9.17) is 16.0 Å². The number of fused-ring (bicyclic) bond motifs is 1. The maximum absolute atomic E-state index is 10.9. The first-order chi connectivity index (χ1) is 5.68. The quantitative estimate of drug-likeness (QED) is 0.624. The van der Waals surface area contributed by atoms with Crippen LogP contribution in [0.5, 0.6) is 0 Å². The van der Waals surface area contributed by atoms with Crippen molar-refractivity contribution in [3.05, 3.63) is 40.8 Å². The number of hydrogen-bond donors (Lipinski definition) is 0. The minimum atomic E-state index is -0.479. The minimum Gasteiger partial charge on any atom is -0.408 e. The van der Waals surface area contributed by atoms with Crippen molar-refractivity contribution in [3.8, 4) is 0 Å². The van der Waals surface area contributed by atoms with Crippen molar-refractivity contribution in [2.24, 2.45) is 0 Å². The number of benzene rings is 1. The standard InChI is InChI=1S/C8H5ClNO2/c1-10-6-4-5(9)2-3-7(6)12-8(10)11/h2-4H,1H2. The molecule has 2 rings (SSSR count). The molecular formula is C8H5ClNO2. The third-order valence-electron chi connectivity index (χ3n) is 1.63. The molecule has 0 amide bonds. The Kier molecular flexibility index (Phi) is 1.48. The van der Waals surface area contributed by atoms with E-state index in [0.29, 0.717) is 16.1 Å². The van der Waals surface area contributed by atoms with Gasteiger partial charge in [0.25, 0.3) is 0 Å². The summed E-state index contributed by atoms with van der Waals surface area (Å²) in [5.41, 5.74) is 1.10. The van der Waals surface area contributed by atoms with Crippen LogP contribution in [0.25, 0.3) is 11.1 Å². The molecule has 3 nitrogen and oxygen atoms in total. The van der Waals surface area contributed by atoms with Crippen LogP contribution < -0.4 is 5.76 Å². The molecule has 0 aliphatic rings. The van der Waals surface area contributed by atoms with E-state index in [9.17, 15) is 4.79 Å². The summed E-state index contributed by atoms with van der Waals surface area (Å²) in [6.07, 6.45) is 0. The highest BCUT2D eigenvalue weighted by Gasteiger charge is 2.04. The summed E-state index contributed by atoms with van der Waals surface area (Å²) >= 11 is 5.72. The zero-order valence-electron chi connectivity index (χ0n) is 6.08. The molecule has 2 aromatic rings. The summed E-state index contributed by atoms with van der Waals surface area (Å²) in [7, 11) is 3.50. The Morgan fingerprint density at radius 1 is 1.50 bits per heavy atom. The summed E-state index contributed by atoms with van der Waals surface area (Å²) in [6, 6.07) is 4.93. The van der Waals surface area contributed by atoms with Crippen molar-refractivity contribution in [1.82, 2.24) is 4.57 Å². The second-order valence-electron chi connectivity index (χ2n) is 2.41. The van der Waals surface area contributed by atoms with Crippen molar-refractivity contribution in [2.75, 3.05) is 0 Å². The molecule has 12 heavy (non-hydrogen) atoms. The highest BCUT2D eigenvalue weighted by atomic mass is 35.5. The van der Waals surface area contributed by atoms with Gasteiger partial charge >= 0.3 is 5.76 Å². The molecular weight excluding hydrogens is 178 g/mol. The molecule has 0 bridgehead atoms. The van der Waals surface area contributed by atoms with Crippen LogP contribution in [-0.2, 0) is 0 Å². The van der Waals surface area contributed by atoms with Crippen molar-refractivity contribution < 1.29 is 4.42 Å². The molecule has 1 heterocycles. The van der Waals surface area contributed by atoms with Crippen LogP contribution in [0.3, 0.4) is 0 Å². The van der Waals surface area contributed by atoms with Crippen molar-refractivity contribution >= 4 is 22.7 Å². The molecule has 1 aromatic carbocycles. The number of aromatic nitrogens is 1. The number of halogens is 1. The zero-order valence-corrected chi connectivity index (χ0v) is 6.84. The van der Waals surface area contributed by atoms with Gasteiger partial charge in [-0.25, -0.2) is 4.79 Å². The van der Waals surface area contributed by atoms with Crippen LogP contribution >= 0.6 is 11.6 Å². The Bertz CT molecular complexity index is 483. The largest absolute Gasteiger partial charge is 0.420 e. The molecule has 0 fully saturated rings. The normalized spacial score (nSPS) is 10.8. The molecule has 0 atom stereocenters. The first-order valence-electron chi connectivity index (χ1n) is 3.30. The van der Waals surface area contributed by atoms with E-state index in [-0.39, 0.29) is 0 Å². The predicted octanol–water partition coefficient (Wildman–Crippen LogP) is 1.89. The third kappa shape index (κ3) is 0.940. The maximum Gasteiger partial charge on any atom is 0.420 e. The molecule has 1 radical (unpaired) electrons. The highest BCUT2D eigenvalue weighted by molar-refractivity contribution is 6.31. The molecule has 0 saturated heterocycles. The molecule has 0 saturated carbocycles. The van der Waals surface area contributed by atoms with Gasteiger partial charge in [-0.15, -0.1) is 0 Å². The van der Waals surface area contributed by atoms with Gasteiger partial charge in [0.2, 0.25) is 0 Å². The van der Waals surface area contributed by atoms with Crippen LogP contribution in [0.1, 0.15) is 0 Å². The van der Waals surface area contributed by atoms with Gasteiger partial charge in [-0.2, -0.15) is 0 Å². The maximum atomic E-state index is 10.9. The molecule has 61 valence electrons.